The van der Waals surface area contributed by atoms with Gasteiger partial charge in [0.05, 0.1) is 12.1 Å². The Morgan fingerprint density at radius 2 is 1.57 bits per heavy atom. The number of nitrogens with zero attached hydrogens (tertiary/aromatic N) is 2. The van der Waals surface area contributed by atoms with Gasteiger partial charge in [-0.2, -0.15) is 0 Å². The van der Waals surface area contributed by atoms with Crippen LogP contribution in [0, 0.1) is 0 Å². The largest absolute Gasteiger partial charge is 0.370 e. The van der Waals surface area contributed by atoms with Crippen LogP contribution in [-0.4, -0.2) is 19.1 Å². The van der Waals surface area contributed by atoms with Crippen molar-refractivity contribution in [2.24, 2.45) is 11.6 Å². The Kier molecular flexibility index (Phi) is 5.77. The normalized spacial score (nSPS) is 19.9. The van der Waals surface area contributed by atoms with Crippen LogP contribution in [0.3, 0.4) is 0 Å². The van der Waals surface area contributed by atoms with Gasteiger partial charge >= 0.3 is 0 Å². The third kappa shape index (κ3) is 3.39. The van der Waals surface area contributed by atoms with E-state index in [0.29, 0.717) is 0 Å². The molecule has 2 atom stereocenters. The van der Waals surface area contributed by atoms with Gasteiger partial charge < -0.3 is 10.6 Å². The number of nitrogens with two attached hydrogens (primary N) is 2. The zero-order valence-electron chi connectivity index (χ0n) is 14.5. The molecule has 0 amide bonds. The zero-order valence-corrected chi connectivity index (χ0v) is 14.5. The summed E-state index contributed by atoms with van der Waals surface area (Å²) in [4.78, 5) is 2.25. The van der Waals surface area contributed by atoms with Crippen molar-refractivity contribution in [3.05, 3.63) is 65.2 Å². The number of likely N-dealkylation sites (N-methyl/N-ethyl adjacent to an activating group) is 1. The van der Waals surface area contributed by atoms with E-state index in [1.165, 1.54) is 16.8 Å². The minimum Gasteiger partial charge on any atom is -0.370 e. The first-order chi connectivity index (χ1) is 11.1. The molecule has 4 nitrogen and oxygen atoms in total. The Bertz CT molecular complexity index is 639. The predicted octanol–water partition coefficient (Wildman–Crippen LogP) is 3.21. The number of anilines is 1. The molecule has 0 saturated carbocycles. The van der Waals surface area contributed by atoms with E-state index in [2.05, 4.69) is 54.4 Å². The smallest absolute Gasteiger partial charge is 0.0684 e. The highest BCUT2D eigenvalue weighted by atomic mass is 15.4. The first-order valence-corrected chi connectivity index (χ1v) is 8.20. The molecule has 0 aliphatic carbocycles. The van der Waals surface area contributed by atoms with E-state index in [0.717, 1.165) is 12.1 Å². The van der Waals surface area contributed by atoms with Crippen molar-refractivity contribution in [2.45, 2.75) is 32.5 Å². The second-order valence-corrected chi connectivity index (χ2v) is 5.75. The van der Waals surface area contributed by atoms with E-state index >= 15 is 0 Å². The summed E-state index contributed by atoms with van der Waals surface area (Å²) < 4.78 is 0. The van der Waals surface area contributed by atoms with Gasteiger partial charge in [-0.3, -0.25) is 5.84 Å². The lowest BCUT2D eigenvalue weighted by Crippen LogP contribution is -2.40. The maximum atomic E-state index is 6.59. The molecule has 3 rings (SSSR count). The quantitative estimate of drug-likeness (QED) is 0.627. The van der Waals surface area contributed by atoms with Crippen molar-refractivity contribution in [1.29, 1.82) is 0 Å². The number of fused-ring (bicyclic) bond motifs is 2. The summed E-state index contributed by atoms with van der Waals surface area (Å²) in [5, 5.41) is 1.73. The molecule has 0 saturated heterocycles. The molecule has 4 N–H and O–H groups in total. The number of rotatable bonds is 1. The lowest BCUT2D eigenvalue weighted by molar-refractivity contribution is 0.217. The molecule has 124 valence electrons. The summed E-state index contributed by atoms with van der Waals surface area (Å²) in [5.74, 6) is 6.12. The minimum absolute atomic E-state index is 0.0314. The van der Waals surface area contributed by atoms with Gasteiger partial charge in [0, 0.05) is 26.3 Å². The fourth-order valence-corrected chi connectivity index (χ4v) is 3.26. The summed E-state index contributed by atoms with van der Waals surface area (Å²) in [6.07, 6.45) is 0. The van der Waals surface area contributed by atoms with Gasteiger partial charge in [0.1, 0.15) is 0 Å². The van der Waals surface area contributed by atoms with Crippen molar-refractivity contribution in [3.8, 4) is 0 Å². The fourth-order valence-electron chi connectivity index (χ4n) is 3.26. The lowest BCUT2D eigenvalue weighted by atomic mass is 9.87. The van der Waals surface area contributed by atoms with Gasteiger partial charge in [0.15, 0.2) is 0 Å². The van der Waals surface area contributed by atoms with E-state index in [-0.39, 0.29) is 12.1 Å². The van der Waals surface area contributed by atoms with Crippen LogP contribution in [-0.2, 0) is 6.54 Å². The van der Waals surface area contributed by atoms with Crippen molar-refractivity contribution >= 4 is 5.69 Å². The van der Waals surface area contributed by atoms with Crippen LogP contribution in [0.15, 0.2) is 48.5 Å². The van der Waals surface area contributed by atoms with Gasteiger partial charge in [-0.05, 0) is 22.8 Å². The van der Waals surface area contributed by atoms with Gasteiger partial charge in [0.2, 0.25) is 0 Å². The van der Waals surface area contributed by atoms with Crippen LogP contribution in [0.2, 0.25) is 0 Å². The Labute approximate surface area is 139 Å². The topological polar surface area (TPSA) is 58.5 Å². The van der Waals surface area contributed by atoms with Gasteiger partial charge in [-0.15, -0.1) is 0 Å². The highest BCUT2D eigenvalue weighted by Crippen LogP contribution is 2.39. The standard InChI is InChI=1S/C17H22N4.C2H6/c1-20-11-12-7-3-4-8-13(12)17(21(2)19)16(18)14-9-5-6-10-15(14)20;1-2/h3-10,16-17H,11,18-19H2,1-2H3;1-2H3. The van der Waals surface area contributed by atoms with Crippen LogP contribution in [0.1, 0.15) is 42.6 Å². The van der Waals surface area contributed by atoms with Crippen molar-refractivity contribution in [3.63, 3.8) is 0 Å². The van der Waals surface area contributed by atoms with Crippen LogP contribution in [0.4, 0.5) is 5.69 Å². The highest BCUT2D eigenvalue weighted by Gasteiger charge is 2.30. The van der Waals surface area contributed by atoms with E-state index in [1.54, 1.807) is 5.01 Å². The molecule has 1 aliphatic heterocycles. The van der Waals surface area contributed by atoms with Gasteiger partial charge in [-0.25, -0.2) is 5.01 Å². The van der Waals surface area contributed by atoms with Gasteiger partial charge in [0.25, 0.3) is 0 Å². The van der Waals surface area contributed by atoms with Crippen LogP contribution >= 0.6 is 0 Å². The van der Waals surface area contributed by atoms with Crippen molar-refractivity contribution in [1.82, 2.24) is 5.01 Å². The van der Waals surface area contributed by atoms with E-state index < -0.39 is 0 Å². The first kappa shape index (κ1) is 17.5. The minimum atomic E-state index is -0.167. The van der Waals surface area contributed by atoms with E-state index in [9.17, 15) is 0 Å². The molecule has 2 aromatic carbocycles. The molecular formula is C19H28N4. The van der Waals surface area contributed by atoms with E-state index in [1.807, 2.05) is 27.0 Å². The fraction of sp³-hybridized carbons (Fsp3) is 0.368. The number of hydrazine groups is 1. The predicted molar refractivity (Wildman–Crippen MR) is 98.0 cm³/mol. The Morgan fingerprint density at radius 3 is 2.22 bits per heavy atom. The Hall–Kier alpha value is -1.88. The summed E-state index contributed by atoms with van der Waals surface area (Å²) >= 11 is 0. The average molecular weight is 312 g/mol. The Balaban J connectivity index is 0.000000924. The summed E-state index contributed by atoms with van der Waals surface area (Å²) in [7, 11) is 3.99. The molecular weight excluding hydrogens is 284 g/mol. The first-order valence-electron chi connectivity index (χ1n) is 8.20. The van der Waals surface area contributed by atoms with E-state index in [4.69, 9.17) is 11.6 Å². The maximum Gasteiger partial charge on any atom is 0.0684 e. The number of benzene rings is 2. The van der Waals surface area contributed by atoms with Crippen molar-refractivity contribution < 1.29 is 0 Å². The summed E-state index contributed by atoms with van der Waals surface area (Å²) in [6, 6.07) is 16.5. The summed E-state index contributed by atoms with van der Waals surface area (Å²) in [5.41, 5.74) is 11.4. The highest BCUT2D eigenvalue weighted by molar-refractivity contribution is 5.57. The SMILES string of the molecule is CC.CN1Cc2ccccc2C(N(C)N)C(N)c2ccccc21. The second kappa shape index (κ2) is 7.59. The molecule has 0 aromatic heterocycles. The van der Waals surface area contributed by atoms with Crippen LogP contribution in [0.5, 0.6) is 0 Å². The molecule has 2 aromatic rings. The molecule has 0 fully saturated rings. The second-order valence-electron chi connectivity index (χ2n) is 5.75. The molecule has 1 aliphatic rings. The zero-order chi connectivity index (χ0) is 17.0. The molecule has 23 heavy (non-hydrogen) atoms. The van der Waals surface area contributed by atoms with Crippen LogP contribution < -0.4 is 16.5 Å². The maximum absolute atomic E-state index is 6.59. The molecule has 2 unspecified atom stereocenters. The average Bonchev–Trinajstić information content (AvgIpc) is 2.57. The number of hydrogen-bond donors (Lipinski definition) is 2. The third-order valence-electron chi connectivity index (χ3n) is 4.27. The lowest BCUT2D eigenvalue weighted by Gasteiger charge is -2.37. The number of para-hydroxylation sites is 1. The molecule has 1 heterocycles. The number of hydrogen-bond acceptors (Lipinski definition) is 4. The van der Waals surface area contributed by atoms with Crippen LogP contribution in [0.25, 0.3) is 0 Å². The molecule has 4 heteroatoms. The Morgan fingerprint density at radius 1 is 1.00 bits per heavy atom. The molecule has 0 spiro atoms. The van der Waals surface area contributed by atoms with Gasteiger partial charge in [-0.1, -0.05) is 56.3 Å². The molecule has 0 bridgehead atoms. The van der Waals surface area contributed by atoms with Crippen molar-refractivity contribution in [2.75, 3.05) is 19.0 Å². The monoisotopic (exact) mass is 312 g/mol. The third-order valence-corrected chi connectivity index (χ3v) is 4.27. The summed E-state index contributed by atoms with van der Waals surface area (Å²) in [6.45, 7) is 4.85. The molecule has 0 radical (unpaired) electrons.